The van der Waals surface area contributed by atoms with Crippen molar-refractivity contribution >= 4 is 31.7 Å². The van der Waals surface area contributed by atoms with Crippen molar-refractivity contribution in [3.8, 4) is 23.0 Å². The third kappa shape index (κ3) is 10.00. The fourth-order valence-corrected chi connectivity index (χ4v) is 5.13. The normalized spacial score (nSPS) is 11.2. The van der Waals surface area contributed by atoms with E-state index in [-0.39, 0.29) is 0 Å². The molecule has 4 aromatic carbocycles. The van der Waals surface area contributed by atoms with Crippen molar-refractivity contribution in [3.05, 3.63) is 71.8 Å². The monoisotopic (exact) mass is 612 g/mol. The van der Waals surface area contributed by atoms with Gasteiger partial charge in [0.1, 0.15) is 0 Å². The summed E-state index contributed by atoms with van der Waals surface area (Å²) in [5.74, 6) is 3.17. The lowest BCUT2D eigenvalue weighted by molar-refractivity contribution is 0.351. The Kier molecular flexibility index (Phi) is 13.3. The van der Waals surface area contributed by atoms with E-state index in [1.807, 2.05) is 12.1 Å². The molecule has 0 aliphatic rings. The average molecular weight is 613 g/mol. The minimum absolute atomic E-state index is 0.715. The van der Waals surface area contributed by atoms with Gasteiger partial charge in [-0.15, -0.1) is 0 Å². The van der Waals surface area contributed by atoms with Crippen LogP contribution in [0.25, 0.3) is 21.5 Å². The minimum Gasteiger partial charge on any atom is -0.493 e. The lowest BCUT2D eigenvalue weighted by atomic mass is 10.0. The smallest absolute Gasteiger partial charge is 0.261 e. The Morgan fingerprint density at radius 3 is 1.35 bits per heavy atom. The van der Waals surface area contributed by atoms with Gasteiger partial charge in [0, 0.05) is 24.2 Å². The summed E-state index contributed by atoms with van der Waals surface area (Å²) in [6, 6.07) is 20.8. The predicted octanol–water partition coefficient (Wildman–Crippen LogP) is 5.97. The van der Waals surface area contributed by atoms with Crippen LogP contribution in [-0.4, -0.2) is 60.8 Å². The van der Waals surface area contributed by atoms with Crippen LogP contribution >= 0.6 is 0 Å². The number of fused-ring (bicyclic) bond motifs is 2. The molecule has 0 aromatic heterocycles. The van der Waals surface area contributed by atoms with Crippen molar-refractivity contribution in [1.29, 1.82) is 0 Å². The molecule has 4 rings (SSSR count). The Labute approximate surface area is 255 Å². The molecule has 0 saturated carbocycles. The van der Waals surface area contributed by atoms with Gasteiger partial charge in [0.25, 0.3) is 10.1 Å². The van der Waals surface area contributed by atoms with E-state index in [1.165, 1.54) is 23.6 Å². The van der Waals surface area contributed by atoms with Gasteiger partial charge in [-0.05, 0) is 59.6 Å². The Morgan fingerprint density at radius 1 is 0.628 bits per heavy atom. The van der Waals surface area contributed by atoms with Crippen molar-refractivity contribution in [3.63, 3.8) is 0 Å². The second-order valence-electron chi connectivity index (χ2n) is 10.1. The first-order valence-corrected chi connectivity index (χ1v) is 16.2. The van der Waals surface area contributed by atoms with E-state index in [9.17, 15) is 8.42 Å². The minimum atomic E-state index is -3.67. The maximum Gasteiger partial charge on any atom is 0.261 e. The van der Waals surface area contributed by atoms with Gasteiger partial charge in [-0.3, -0.25) is 4.55 Å². The number of ether oxygens (including phenoxy) is 4. The second kappa shape index (κ2) is 16.9. The molecule has 3 N–H and O–H groups in total. The maximum atomic E-state index is 9.19. The van der Waals surface area contributed by atoms with Crippen LogP contribution in [0.2, 0.25) is 0 Å². The third-order valence-corrected chi connectivity index (χ3v) is 7.05. The van der Waals surface area contributed by atoms with Gasteiger partial charge in [0.15, 0.2) is 23.0 Å². The molecule has 0 spiro atoms. The molecule has 43 heavy (non-hydrogen) atoms. The fraction of sp³-hybridized carbons (Fsp3) is 0.394. The Balaban J connectivity index is 0.000000934. The summed E-state index contributed by atoms with van der Waals surface area (Å²) in [5.41, 5.74) is 2.29. The number of nitrogens with one attached hydrogen (secondary N) is 2. The summed E-state index contributed by atoms with van der Waals surface area (Å²) in [4.78, 5) is 0. The van der Waals surface area contributed by atoms with Crippen LogP contribution in [0.4, 0.5) is 0 Å². The van der Waals surface area contributed by atoms with Gasteiger partial charge >= 0.3 is 0 Å². The molecule has 0 amide bonds. The third-order valence-electron chi connectivity index (χ3n) is 7.05. The molecule has 4 aromatic rings. The highest BCUT2D eigenvalue weighted by molar-refractivity contribution is 7.85. The molecule has 0 unspecified atom stereocenters. The van der Waals surface area contributed by atoms with Crippen molar-refractivity contribution in [1.82, 2.24) is 10.6 Å². The Morgan fingerprint density at radius 2 is 1.00 bits per heavy atom. The molecule has 0 saturated heterocycles. The summed E-state index contributed by atoms with van der Waals surface area (Å²) < 4.78 is 48.4. The number of hydrogen-bond acceptors (Lipinski definition) is 8. The van der Waals surface area contributed by atoms with Crippen molar-refractivity contribution in [2.45, 2.75) is 38.8 Å². The van der Waals surface area contributed by atoms with Gasteiger partial charge in [0.2, 0.25) is 0 Å². The van der Waals surface area contributed by atoms with Gasteiger partial charge in [0.05, 0.1) is 34.7 Å². The van der Waals surface area contributed by atoms with Crippen LogP contribution in [0.1, 0.15) is 36.8 Å². The quantitative estimate of drug-likeness (QED) is 0.110. The first-order valence-electron chi connectivity index (χ1n) is 14.3. The standard InChI is InChI=1S/C32H40N2O4.CH4O3S/c1-35-29-19-23-13-7-9-15-25(23)27(31(29)37-3)21-33-17-11-5-6-12-18-34-22-28-26-16-10-8-14-24(26)20-30(36-2)32(28)38-4;1-5(2,3)4/h7-10,13-16,19-20,33-34H,5-6,11-12,17-18,21-22H2,1-4H3;1H3,(H,2,3,4). The first-order chi connectivity index (χ1) is 20.7. The van der Waals surface area contributed by atoms with E-state index < -0.39 is 10.1 Å². The molecule has 234 valence electrons. The molecule has 9 nitrogen and oxygen atoms in total. The first kappa shape index (κ1) is 33.9. The van der Waals surface area contributed by atoms with Crippen LogP contribution in [0.3, 0.4) is 0 Å². The molecule has 10 heteroatoms. The van der Waals surface area contributed by atoms with Gasteiger partial charge < -0.3 is 29.6 Å². The number of benzene rings is 4. The zero-order chi connectivity index (χ0) is 31.2. The van der Waals surface area contributed by atoms with Gasteiger partial charge in [-0.2, -0.15) is 8.42 Å². The zero-order valence-electron chi connectivity index (χ0n) is 25.7. The number of methoxy groups -OCH3 is 4. The molecule has 0 aliphatic heterocycles. The highest BCUT2D eigenvalue weighted by atomic mass is 32.2. The lowest BCUT2D eigenvalue weighted by Gasteiger charge is -2.17. The van der Waals surface area contributed by atoms with Crippen LogP contribution < -0.4 is 29.6 Å². The van der Waals surface area contributed by atoms with Gasteiger partial charge in [-0.25, -0.2) is 0 Å². The van der Waals surface area contributed by atoms with Crippen LogP contribution in [0.15, 0.2) is 60.7 Å². The molecule has 0 heterocycles. The van der Waals surface area contributed by atoms with Crippen molar-refractivity contribution in [2.24, 2.45) is 0 Å². The molecule has 0 radical (unpaired) electrons. The molecule has 0 fully saturated rings. The van der Waals surface area contributed by atoms with Gasteiger partial charge in [-0.1, -0.05) is 61.4 Å². The SMILES string of the molecule is COc1cc2ccccc2c(CNCCCCCCNCc2c(OC)c(OC)cc3ccccc23)c1OC.CS(=O)(=O)O. The summed E-state index contributed by atoms with van der Waals surface area (Å²) in [7, 11) is 3.12. The predicted molar refractivity (Wildman–Crippen MR) is 173 cm³/mol. The van der Waals surface area contributed by atoms with E-state index >= 15 is 0 Å². The zero-order valence-corrected chi connectivity index (χ0v) is 26.6. The van der Waals surface area contributed by atoms with E-state index in [2.05, 4.69) is 59.2 Å². The topological polar surface area (TPSA) is 115 Å². The fourth-order valence-electron chi connectivity index (χ4n) is 5.13. The Hall–Kier alpha value is -3.57. The molecule has 0 atom stereocenters. The molecule has 0 aliphatic carbocycles. The summed E-state index contributed by atoms with van der Waals surface area (Å²) >= 11 is 0. The number of unbranched alkanes of at least 4 members (excludes halogenated alkanes) is 3. The van der Waals surface area contributed by atoms with Crippen molar-refractivity contribution < 1.29 is 31.9 Å². The molecule has 0 bridgehead atoms. The van der Waals surface area contributed by atoms with Crippen LogP contribution in [0.5, 0.6) is 23.0 Å². The largest absolute Gasteiger partial charge is 0.493 e. The van der Waals surface area contributed by atoms with Crippen molar-refractivity contribution in [2.75, 3.05) is 47.8 Å². The summed E-state index contributed by atoms with van der Waals surface area (Å²) in [6.45, 7) is 3.43. The lowest BCUT2D eigenvalue weighted by Crippen LogP contribution is -2.17. The molecular weight excluding hydrogens is 568 g/mol. The van der Waals surface area contributed by atoms with E-state index in [0.29, 0.717) is 6.26 Å². The van der Waals surface area contributed by atoms with E-state index in [0.717, 1.165) is 83.9 Å². The van der Waals surface area contributed by atoms with E-state index in [4.69, 9.17) is 23.5 Å². The summed E-state index contributed by atoms with van der Waals surface area (Å²) in [6.07, 6.45) is 5.37. The highest BCUT2D eigenvalue weighted by Gasteiger charge is 2.15. The second-order valence-corrected chi connectivity index (χ2v) is 11.6. The maximum absolute atomic E-state index is 9.19. The average Bonchev–Trinajstić information content (AvgIpc) is 2.99. The van der Waals surface area contributed by atoms with Crippen LogP contribution in [-0.2, 0) is 23.2 Å². The van der Waals surface area contributed by atoms with Crippen LogP contribution in [0, 0.1) is 0 Å². The number of hydrogen-bond donors (Lipinski definition) is 3. The molecular formula is C33H44N2O7S. The Bertz CT molecular complexity index is 1460. The van der Waals surface area contributed by atoms with E-state index in [1.54, 1.807) is 28.4 Å². The number of rotatable bonds is 15. The highest BCUT2D eigenvalue weighted by Crippen LogP contribution is 2.38. The summed E-state index contributed by atoms with van der Waals surface area (Å²) in [5, 5.41) is 11.9.